The standard InChI is InChI=1S/C12H10ClN3O3S/c1-7-8(3-2-4-10(7)20(18)19)16-12(17)9-5-11(13)15-6-14-9/h2-6H,1H3,(H,16,17)(H,18,19)/p-1. The molecule has 1 amide bonds. The van der Waals surface area contributed by atoms with Crippen LogP contribution in [0.25, 0.3) is 0 Å². The van der Waals surface area contributed by atoms with Crippen LogP contribution >= 0.6 is 11.6 Å². The van der Waals surface area contributed by atoms with E-state index in [2.05, 4.69) is 15.3 Å². The highest BCUT2D eigenvalue weighted by atomic mass is 35.5. The fraction of sp³-hybridized carbons (Fsp3) is 0.0833. The maximum absolute atomic E-state index is 12.0. The first-order valence-corrected chi connectivity index (χ1v) is 6.92. The second-order valence-electron chi connectivity index (χ2n) is 3.84. The molecule has 0 radical (unpaired) electrons. The molecule has 0 bridgehead atoms. The normalized spacial score (nSPS) is 11.9. The van der Waals surface area contributed by atoms with Gasteiger partial charge in [0.25, 0.3) is 5.91 Å². The van der Waals surface area contributed by atoms with Crippen molar-refractivity contribution in [2.45, 2.75) is 11.8 Å². The molecular formula is C12H9ClN3O3S-. The monoisotopic (exact) mass is 310 g/mol. The molecule has 2 rings (SSSR count). The molecule has 1 N–H and O–H groups in total. The number of rotatable bonds is 3. The van der Waals surface area contributed by atoms with Crippen molar-refractivity contribution in [3.63, 3.8) is 0 Å². The lowest BCUT2D eigenvalue weighted by Gasteiger charge is -2.13. The first-order valence-electron chi connectivity index (χ1n) is 5.47. The number of hydrogen-bond acceptors (Lipinski definition) is 5. The Balaban J connectivity index is 2.29. The van der Waals surface area contributed by atoms with E-state index in [1.54, 1.807) is 19.1 Å². The highest BCUT2D eigenvalue weighted by Crippen LogP contribution is 2.21. The highest BCUT2D eigenvalue weighted by molar-refractivity contribution is 7.79. The quantitative estimate of drug-likeness (QED) is 0.690. The largest absolute Gasteiger partial charge is 0.768 e. The highest BCUT2D eigenvalue weighted by Gasteiger charge is 2.11. The van der Waals surface area contributed by atoms with E-state index >= 15 is 0 Å². The minimum Gasteiger partial charge on any atom is -0.768 e. The van der Waals surface area contributed by atoms with Crippen LogP contribution in [-0.4, -0.2) is 24.6 Å². The maximum Gasteiger partial charge on any atom is 0.274 e. The van der Waals surface area contributed by atoms with E-state index in [1.165, 1.54) is 18.5 Å². The van der Waals surface area contributed by atoms with E-state index in [4.69, 9.17) is 11.6 Å². The topological polar surface area (TPSA) is 95.0 Å². The van der Waals surface area contributed by atoms with Gasteiger partial charge in [0, 0.05) is 16.6 Å². The number of carbonyl (C=O) groups excluding carboxylic acids is 1. The van der Waals surface area contributed by atoms with Crippen LogP contribution in [-0.2, 0) is 11.1 Å². The Morgan fingerprint density at radius 2 is 2.15 bits per heavy atom. The Morgan fingerprint density at radius 1 is 1.40 bits per heavy atom. The molecule has 1 aromatic heterocycles. The second-order valence-corrected chi connectivity index (χ2v) is 5.14. The van der Waals surface area contributed by atoms with E-state index in [0.717, 1.165) is 0 Å². The predicted octanol–water partition coefficient (Wildman–Crippen LogP) is 1.93. The summed E-state index contributed by atoms with van der Waals surface area (Å²) in [5.74, 6) is -0.494. The molecule has 8 heteroatoms. The van der Waals surface area contributed by atoms with Crippen LogP contribution in [0, 0.1) is 6.92 Å². The minimum atomic E-state index is -2.36. The van der Waals surface area contributed by atoms with Gasteiger partial charge in [-0.1, -0.05) is 17.7 Å². The van der Waals surface area contributed by atoms with Gasteiger partial charge in [0.05, 0.1) is 0 Å². The Labute approximate surface area is 122 Å². The molecule has 1 heterocycles. The number of anilines is 1. The summed E-state index contributed by atoms with van der Waals surface area (Å²) in [7, 11) is 0. The van der Waals surface area contributed by atoms with Crippen LogP contribution in [0.15, 0.2) is 35.5 Å². The first kappa shape index (κ1) is 14.6. The summed E-state index contributed by atoms with van der Waals surface area (Å²) >= 11 is 3.32. The van der Waals surface area contributed by atoms with Crippen molar-refractivity contribution in [2.75, 3.05) is 5.32 Å². The molecule has 0 fully saturated rings. The van der Waals surface area contributed by atoms with Gasteiger partial charge in [-0.25, -0.2) is 9.97 Å². The zero-order valence-corrected chi connectivity index (χ0v) is 11.9. The number of benzene rings is 1. The Bertz CT molecular complexity index is 693. The second kappa shape index (κ2) is 6.08. The van der Waals surface area contributed by atoms with Crippen molar-refractivity contribution in [1.29, 1.82) is 0 Å². The van der Waals surface area contributed by atoms with Crippen LogP contribution in [0.4, 0.5) is 5.69 Å². The van der Waals surface area contributed by atoms with E-state index < -0.39 is 17.0 Å². The first-order chi connectivity index (χ1) is 9.49. The molecule has 0 saturated carbocycles. The lowest BCUT2D eigenvalue weighted by Crippen LogP contribution is -2.15. The Hall–Kier alpha value is -1.83. The number of nitrogens with one attached hydrogen (secondary N) is 1. The number of hydrogen-bond donors (Lipinski definition) is 1. The third-order valence-corrected chi connectivity index (χ3v) is 3.59. The van der Waals surface area contributed by atoms with Gasteiger partial charge in [-0.3, -0.25) is 9.00 Å². The zero-order valence-electron chi connectivity index (χ0n) is 10.3. The van der Waals surface area contributed by atoms with Crippen molar-refractivity contribution in [3.05, 3.63) is 47.0 Å². The van der Waals surface area contributed by atoms with Gasteiger partial charge in [-0.15, -0.1) is 0 Å². The molecule has 20 heavy (non-hydrogen) atoms. The molecule has 0 aliphatic heterocycles. The number of halogens is 1. The molecular weight excluding hydrogens is 302 g/mol. The van der Waals surface area contributed by atoms with Crippen LogP contribution < -0.4 is 5.32 Å². The van der Waals surface area contributed by atoms with Crippen molar-refractivity contribution in [1.82, 2.24) is 9.97 Å². The number of nitrogens with zero attached hydrogens (tertiary/aromatic N) is 2. The van der Waals surface area contributed by atoms with E-state index in [1.807, 2.05) is 0 Å². The van der Waals surface area contributed by atoms with Gasteiger partial charge < -0.3 is 9.87 Å². The summed E-state index contributed by atoms with van der Waals surface area (Å²) in [5, 5.41) is 2.74. The summed E-state index contributed by atoms with van der Waals surface area (Å²) in [6, 6.07) is 5.92. The molecule has 1 aromatic carbocycles. The van der Waals surface area contributed by atoms with E-state index in [0.29, 0.717) is 11.3 Å². The van der Waals surface area contributed by atoms with E-state index in [-0.39, 0.29) is 15.7 Å². The fourth-order valence-electron chi connectivity index (χ4n) is 1.57. The molecule has 1 unspecified atom stereocenters. The average Bonchev–Trinajstić information content (AvgIpc) is 2.40. The minimum absolute atomic E-state index is 0.0954. The summed E-state index contributed by atoms with van der Waals surface area (Å²) in [4.78, 5) is 19.6. The smallest absolute Gasteiger partial charge is 0.274 e. The Kier molecular flexibility index (Phi) is 4.43. The lowest BCUT2D eigenvalue weighted by molar-refractivity contribution is 0.102. The molecule has 104 valence electrons. The predicted molar refractivity (Wildman–Crippen MR) is 73.4 cm³/mol. The van der Waals surface area contributed by atoms with Gasteiger partial charge in [0.2, 0.25) is 0 Å². The van der Waals surface area contributed by atoms with Crippen molar-refractivity contribution < 1.29 is 13.6 Å². The van der Waals surface area contributed by atoms with Crippen LogP contribution in [0.2, 0.25) is 5.15 Å². The van der Waals surface area contributed by atoms with Gasteiger partial charge in [-0.05, 0) is 35.7 Å². The molecule has 2 aromatic rings. The van der Waals surface area contributed by atoms with Gasteiger partial charge in [0.15, 0.2) is 0 Å². The molecule has 0 aliphatic rings. The number of aromatic nitrogens is 2. The third-order valence-electron chi connectivity index (χ3n) is 2.58. The summed E-state index contributed by atoms with van der Waals surface area (Å²) in [6.07, 6.45) is 1.17. The lowest BCUT2D eigenvalue weighted by atomic mass is 10.2. The Morgan fingerprint density at radius 3 is 2.80 bits per heavy atom. The van der Waals surface area contributed by atoms with Gasteiger partial charge in [-0.2, -0.15) is 0 Å². The van der Waals surface area contributed by atoms with Gasteiger partial charge >= 0.3 is 0 Å². The average molecular weight is 311 g/mol. The molecule has 0 aliphatic carbocycles. The van der Waals surface area contributed by atoms with E-state index in [9.17, 15) is 13.6 Å². The maximum atomic E-state index is 12.0. The third kappa shape index (κ3) is 3.19. The van der Waals surface area contributed by atoms with Crippen LogP contribution in [0.5, 0.6) is 0 Å². The summed E-state index contributed by atoms with van der Waals surface area (Å²) < 4.78 is 22.0. The summed E-state index contributed by atoms with van der Waals surface area (Å²) in [5.41, 5.74) is 0.943. The number of amides is 1. The molecule has 1 atom stereocenters. The fourth-order valence-corrected chi connectivity index (χ4v) is 2.27. The number of carbonyl (C=O) groups is 1. The van der Waals surface area contributed by atoms with Crippen LogP contribution in [0.1, 0.15) is 16.1 Å². The SMILES string of the molecule is Cc1c(NC(=O)c2cc(Cl)ncn2)cccc1S(=O)[O-]. The molecule has 0 saturated heterocycles. The van der Waals surface area contributed by atoms with Crippen molar-refractivity contribution in [2.24, 2.45) is 0 Å². The van der Waals surface area contributed by atoms with Gasteiger partial charge in [0.1, 0.15) is 17.2 Å². The molecule has 6 nitrogen and oxygen atoms in total. The van der Waals surface area contributed by atoms with Crippen molar-refractivity contribution in [3.8, 4) is 0 Å². The van der Waals surface area contributed by atoms with Crippen LogP contribution in [0.3, 0.4) is 0 Å². The van der Waals surface area contributed by atoms with Crippen molar-refractivity contribution >= 4 is 34.3 Å². The molecule has 0 spiro atoms. The summed E-state index contributed by atoms with van der Waals surface area (Å²) in [6.45, 7) is 1.60. The zero-order chi connectivity index (χ0) is 14.7.